The summed E-state index contributed by atoms with van der Waals surface area (Å²) in [5.41, 5.74) is -0.0312. The van der Waals surface area contributed by atoms with Crippen LogP contribution in [0.2, 0.25) is 5.15 Å². The largest absolute Gasteiger partial charge is 0.342 e. The van der Waals surface area contributed by atoms with Gasteiger partial charge in [-0.25, -0.2) is 4.98 Å². The monoisotopic (exact) mass is 269 g/mol. The maximum absolute atomic E-state index is 11.9. The van der Waals surface area contributed by atoms with Crippen molar-refractivity contribution in [3.05, 3.63) is 33.1 Å². The first kappa shape index (κ1) is 12.8. The van der Waals surface area contributed by atoms with Gasteiger partial charge in [-0.1, -0.05) is 11.6 Å². The molecule has 1 aliphatic rings. The average molecular weight is 270 g/mol. The molecule has 0 bridgehead atoms. The molecule has 0 aliphatic carbocycles. The standard InChI is InChI=1S/C11H12ClN3O3/c12-10-4-3-9(15(17)18)8(13-10)7-11(16)14-5-1-2-6-14/h3-4H,1-2,5-7H2. The molecule has 0 radical (unpaired) electrons. The Bertz CT molecular complexity index is 486. The summed E-state index contributed by atoms with van der Waals surface area (Å²) >= 11 is 5.71. The molecule has 2 heterocycles. The first-order valence-corrected chi connectivity index (χ1v) is 6.03. The van der Waals surface area contributed by atoms with Gasteiger partial charge in [-0.15, -0.1) is 0 Å². The normalized spacial score (nSPS) is 14.8. The zero-order valence-electron chi connectivity index (χ0n) is 9.63. The number of nitro groups is 1. The Labute approximate surface area is 109 Å². The predicted molar refractivity (Wildman–Crippen MR) is 65.4 cm³/mol. The number of hydrogen-bond acceptors (Lipinski definition) is 4. The molecule has 0 saturated carbocycles. The lowest BCUT2D eigenvalue weighted by Gasteiger charge is -2.14. The van der Waals surface area contributed by atoms with Gasteiger partial charge >= 0.3 is 0 Å². The SMILES string of the molecule is O=C(Cc1nc(Cl)ccc1[N+](=O)[O-])N1CCCC1. The molecule has 0 N–H and O–H groups in total. The second-order valence-corrected chi connectivity index (χ2v) is 4.51. The number of halogens is 1. The quantitative estimate of drug-likeness (QED) is 0.476. The topological polar surface area (TPSA) is 76.3 Å². The lowest BCUT2D eigenvalue weighted by Crippen LogP contribution is -2.29. The Balaban J connectivity index is 2.19. The summed E-state index contributed by atoms with van der Waals surface area (Å²) in [4.78, 5) is 27.8. The van der Waals surface area contributed by atoms with Crippen LogP contribution in [0.5, 0.6) is 0 Å². The molecule has 1 fully saturated rings. The van der Waals surface area contributed by atoms with Crippen LogP contribution in [0.1, 0.15) is 18.5 Å². The van der Waals surface area contributed by atoms with E-state index in [1.807, 2.05) is 0 Å². The summed E-state index contributed by atoms with van der Waals surface area (Å²) in [6.07, 6.45) is 1.89. The van der Waals surface area contributed by atoms with Crippen molar-refractivity contribution in [2.45, 2.75) is 19.3 Å². The van der Waals surface area contributed by atoms with Crippen LogP contribution >= 0.6 is 11.6 Å². The summed E-state index contributed by atoms with van der Waals surface area (Å²) < 4.78 is 0. The molecular weight excluding hydrogens is 258 g/mol. The van der Waals surface area contributed by atoms with Crippen molar-refractivity contribution in [3.63, 3.8) is 0 Å². The molecule has 1 aromatic rings. The van der Waals surface area contributed by atoms with Crippen LogP contribution in [0.25, 0.3) is 0 Å². The molecule has 1 saturated heterocycles. The zero-order valence-corrected chi connectivity index (χ0v) is 10.4. The molecule has 1 aromatic heterocycles. The van der Waals surface area contributed by atoms with Gasteiger partial charge in [0, 0.05) is 19.2 Å². The molecule has 0 aromatic carbocycles. The van der Waals surface area contributed by atoms with Crippen molar-refractivity contribution < 1.29 is 9.72 Å². The van der Waals surface area contributed by atoms with Gasteiger partial charge in [0.1, 0.15) is 10.8 Å². The third-order valence-electron chi connectivity index (χ3n) is 2.89. The van der Waals surface area contributed by atoms with Gasteiger partial charge < -0.3 is 4.90 Å². The van der Waals surface area contributed by atoms with Crippen LogP contribution in [0.15, 0.2) is 12.1 Å². The molecule has 0 atom stereocenters. The van der Waals surface area contributed by atoms with Crippen LogP contribution in [0.3, 0.4) is 0 Å². The highest BCUT2D eigenvalue weighted by Crippen LogP contribution is 2.21. The molecule has 0 spiro atoms. The van der Waals surface area contributed by atoms with E-state index in [1.54, 1.807) is 4.90 Å². The molecule has 0 unspecified atom stereocenters. The number of likely N-dealkylation sites (tertiary alicyclic amines) is 1. The highest BCUT2D eigenvalue weighted by Gasteiger charge is 2.23. The molecular formula is C11H12ClN3O3. The van der Waals surface area contributed by atoms with E-state index in [1.165, 1.54) is 12.1 Å². The fourth-order valence-corrected chi connectivity index (χ4v) is 2.15. The number of amides is 1. The average Bonchev–Trinajstić information content (AvgIpc) is 2.81. The number of pyridine rings is 1. The van der Waals surface area contributed by atoms with Gasteiger partial charge in [-0.2, -0.15) is 0 Å². The maximum Gasteiger partial charge on any atom is 0.291 e. The van der Waals surface area contributed by atoms with Crippen molar-refractivity contribution in [2.24, 2.45) is 0 Å². The summed E-state index contributed by atoms with van der Waals surface area (Å²) in [6, 6.07) is 2.63. The molecule has 6 nitrogen and oxygen atoms in total. The molecule has 2 rings (SSSR count). The molecule has 18 heavy (non-hydrogen) atoms. The highest BCUT2D eigenvalue weighted by atomic mass is 35.5. The van der Waals surface area contributed by atoms with E-state index in [0.717, 1.165) is 12.8 Å². The van der Waals surface area contributed by atoms with Gasteiger partial charge in [-0.3, -0.25) is 14.9 Å². The van der Waals surface area contributed by atoms with Gasteiger partial charge in [-0.05, 0) is 18.9 Å². The van der Waals surface area contributed by atoms with Crippen molar-refractivity contribution in [2.75, 3.05) is 13.1 Å². The minimum Gasteiger partial charge on any atom is -0.342 e. The Hall–Kier alpha value is -1.69. The van der Waals surface area contributed by atoms with Crippen molar-refractivity contribution in [1.82, 2.24) is 9.88 Å². The molecule has 1 aliphatic heterocycles. The minimum absolute atomic E-state index is 0.0725. The summed E-state index contributed by atoms with van der Waals surface area (Å²) in [7, 11) is 0. The van der Waals surface area contributed by atoms with E-state index in [2.05, 4.69) is 4.98 Å². The van der Waals surface area contributed by atoms with E-state index in [-0.39, 0.29) is 28.9 Å². The van der Waals surface area contributed by atoms with Crippen LogP contribution in [0, 0.1) is 10.1 Å². The minimum atomic E-state index is -0.546. The van der Waals surface area contributed by atoms with Crippen LogP contribution in [-0.4, -0.2) is 33.8 Å². The van der Waals surface area contributed by atoms with Crippen molar-refractivity contribution >= 4 is 23.2 Å². The second kappa shape index (κ2) is 5.30. The number of carbonyl (C=O) groups is 1. The Morgan fingerprint density at radius 2 is 2.11 bits per heavy atom. The summed E-state index contributed by atoms with van der Waals surface area (Å²) in [5, 5.41) is 11.0. The molecule has 96 valence electrons. The van der Waals surface area contributed by atoms with Gasteiger partial charge in [0.25, 0.3) is 5.69 Å². The first-order chi connectivity index (χ1) is 8.58. The fourth-order valence-electron chi connectivity index (χ4n) is 1.99. The molecule has 7 heteroatoms. The number of rotatable bonds is 3. The summed E-state index contributed by atoms with van der Waals surface area (Å²) in [5.74, 6) is -0.134. The van der Waals surface area contributed by atoms with Crippen LogP contribution in [-0.2, 0) is 11.2 Å². The summed E-state index contributed by atoms with van der Waals surface area (Å²) in [6.45, 7) is 1.43. The zero-order chi connectivity index (χ0) is 13.1. The lowest BCUT2D eigenvalue weighted by atomic mass is 10.2. The van der Waals surface area contributed by atoms with Crippen LogP contribution < -0.4 is 0 Å². The van der Waals surface area contributed by atoms with E-state index < -0.39 is 4.92 Å². The van der Waals surface area contributed by atoms with E-state index >= 15 is 0 Å². The van der Waals surface area contributed by atoms with Gasteiger partial charge in [0.2, 0.25) is 5.91 Å². The van der Waals surface area contributed by atoms with Gasteiger partial charge in [0.15, 0.2) is 0 Å². The third kappa shape index (κ3) is 2.76. The van der Waals surface area contributed by atoms with Crippen molar-refractivity contribution in [3.8, 4) is 0 Å². The first-order valence-electron chi connectivity index (χ1n) is 5.65. The van der Waals surface area contributed by atoms with E-state index in [0.29, 0.717) is 13.1 Å². The second-order valence-electron chi connectivity index (χ2n) is 4.12. The number of nitrogens with zero attached hydrogens (tertiary/aromatic N) is 3. The number of hydrogen-bond donors (Lipinski definition) is 0. The smallest absolute Gasteiger partial charge is 0.291 e. The van der Waals surface area contributed by atoms with Gasteiger partial charge in [0.05, 0.1) is 11.3 Å². The Kier molecular flexibility index (Phi) is 3.76. The lowest BCUT2D eigenvalue weighted by molar-refractivity contribution is -0.385. The maximum atomic E-state index is 11.9. The predicted octanol–water partition coefficient (Wildman–Crippen LogP) is 1.81. The van der Waals surface area contributed by atoms with E-state index in [9.17, 15) is 14.9 Å². The third-order valence-corrected chi connectivity index (χ3v) is 3.10. The Morgan fingerprint density at radius 3 is 2.72 bits per heavy atom. The number of aromatic nitrogens is 1. The van der Waals surface area contributed by atoms with Crippen molar-refractivity contribution in [1.29, 1.82) is 0 Å². The number of carbonyl (C=O) groups excluding carboxylic acids is 1. The Morgan fingerprint density at radius 1 is 1.44 bits per heavy atom. The fraction of sp³-hybridized carbons (Fsp3) is 0.455. The molecule has 1 amide bonds. The van der Waals surface area contributed by atoms with Crippen LogP contribution in [0.4, 0.5) is 5.69 Å². The van der Waals surface area contributed by atoms with E-state index in [4.69, 9.17) is 11.6 Å². The highest BCUT2D eigenvalue weighted by molar-refractivity contribution is 6.29.